The molecule has 2 aromatic rings. The van der Waals surface area contributed by atoms with Gasteiger partial charge in [-0.3, -0.25) is 19.7 Å². The molecule has 32 heavy (non-hydrogen) atoms. The van der Waals surface area contributed by atoms with E-state index in [2.05, 4.69) is 10.6 Å². The summed E-state index contributed by atoms with van der Waals surface area (Å²) < 4.78 is 0. The van der Waals surface area contributed by atoms with Gasteiger partial charge in [0.15, 0.2) is 0 Å². The van der Waals surface area contributed by atoms with Gasteiger partial charge in [-0.15, -0.1) is 0 Å². The van der Waals surface area contributed by atoms with Crippen LogP contribution in [0.3, 0.4) is 0 Å². The number of non-ortho nitro benzene ring substituents is 1. The van der Waals surface area contributed by atoms with Crippen LogP contribution in [0.15, 0.2) is 42.5 Å². The molecule has 8 nitrogen and oxygen atoms in total. The van der Waals surface area contributed by atoms with E-state index >= 15 is 0 Å². The van der Waals surface area contributed by atoms with E-state index in [1.54, 1.807) is 19.9 Å². The number of nitrogens with one attached hydrogen (secondary N) is 2. The number of nitro benzene ring substituents is 1. The third-order valence-electron chi connectivity index (χ3n) is 5.00. The van der Waals surface area contributed by atoms with E-state index in [-0.39, 0.29) is 40.7 Å². The molecule has 0 fully saturated rings. The van der Waals surface area contributed by atoms with Gasteiger partial charge in [0, 0.05) is 23.7 Å². The average Bonchev–Trinajstić information content (AvgIpc) is 2.72. The van der Waals surface area contributed by atoms with Gasteiger partial charge < -0.3 is 15.5 Å². The lowest BCUT2D eigenvalue weighted by molar-refractivity contribution is -0.384. The summed E-state index contributed by atoms with van der Waals surface area (Å²) in [6, 6.07) is 9.98. The summed E-state index contributed by atoms with van der Waals surface area (Å²) in [6.07, 6.45) is 0. The Morgan fingerprint density at radius 2 is 1.75 bits per heavy atom. The summed E-state index contributed by atoms with van der Waals surface area (Å²) in [5.74, 6) is -1.16. The lowest BCUT2D eigenvalue weighted by atomic mass is 10.0. The Morgan fingerprint density at radius 1 is 1.09 bits per heavy atom. The molecule has 0 aromatic heterocycles. The van der Waals surface area contributed by atoms with Gasteiger partial charge in [0.1, 0.15) is 6.04 Å². The molecule has 0 aliphatic carbocycles. The fourth-order valence-electron chi connectivity index (χ4n) is 3.18. The minimum Gasteiger partial charge on any atom is -0.352 e. The highest BCUT2D eigenvalue weighted by atomic mass is 35.5. The number of nitrogens with zero attached hydrogens (tertiary/aromatic N) is 2. The van der Waals surface area contributed by atoms with E-state index < -0.39 is 16.9 Å². The van der Waals surface area contributed by atoms with Gasteiger partial charge in [-0.1, -0.05) is 55.2 Å². The van der Waals surface area contributed by atoms with Crippen molar-refractivity contribution in [3.63, 3.8) is 0 Å². The fraction of sp³-hybridized carbons (Fsp3) is 0.364. The zero-order chi connectivity index (χ0) is 24.0. The van der Waals surface area contributed by atoms with Crippen LogP contribution in [-0.4, -0.2) is 48.3 Å². The van der Waals surface area contributed by atoms with Crippen molar-refractivity contribution in [2.75, 3.05) is 20.6 Å². The minimum absolute atomic E-state index is 0.0537. The highest BCUT2D eigenvalue weighted by molar-refractivity contribution is 6.34. The number of rotatable bonds is 9. The van der Waals surface area contributed by atoms with Crippen LogP contribution in [0.2, 0.25) is 10.0 Å². The molecule has 2 aromatic carbocycles. The van der Waals surface area contributed by atoms with Gasteiger partial charge in [-0.05, 0) is 37.7 Å². The molecule has 0 radical (unpaired) electrons. The highest BCUT2D eigenvalue weighted by Gasteiger charge is 2.27. The van der Waals surface area contributed by atoms with Crippen LogP contribution in [0, 0.1) is 16.0 Å². The summed E-state index contributed by atoms with van der Waals surface area (Å²) in [4.78, 5) is 37.8. The maximum atomic E-state index is 12.9. The van der Waals surface area contributed by atoms with Gasteiger partial charge in [-0.25, -0.2) is 0 Å². The first kappa shape index (κ1) is 25.6. The maximum absolute atomic E-state index is 12.9. The number of hydrogen-bond acceptors (Lipinski definition) is 5. The Balaban J connectivity index is 2.13. The molecule has 2 unspecified atom stereocenters. The fourth-order valence-corrected chi connectivity index (χ4v) is 3.70. The second kappa shape index (κ2) is 11.3. The Labute approximate surface area is 197 Å². The van der Waals surface area contributed by atoms with Gasteiger partial charge in [0.25, 0.3) is 11.6 Å². The van der Waals surface area contributed by atoms with E-state index in [4.69, 9.17) is 23.2 Å². The van der Waals surface area contributed by atoms with Crippen LogP contribution < -0.4 is 10.6 Å². The van der Waals surface area contributed by atoms with Gasteiger partial charge >= 0.3 is 0 Å². The topological polar surface area (TPSA) is 105 Å². The smallest absolute Gasteiger partial charge is 0.270 e. The van der Waals surface area contributed by atoms with Crippen LogP contribution in [0.5, 0.6) is 0 Å². The second-order valence-electron chi connectivity index (χ2n) is 7.86. The monoisotopic (exact) mass is 480 g/mol. The number of benzene rings is 2. The number of likely N-dealkylation sites (N-methyl/N-ethyl adjacent to an activating group) is 1. The molecule has 2 N–H and O–H groups in total. The lowest BCUT2D eigenvalue weighted by Crippen LogP contribution is -2.51. The summed E-state index contributed by atoms with van der Waals surface area (Å²) in [7, 11) is 3.77. The van der Waals surface area contributed by atoms with Crippen molar-refractivity contribution in [1.29, 1.82) is 0 Å². The summed E-state index contributed by atoms with van der Waals surface area (Å²) in [5.41, 5.74) is 0.708. The molecule has 0 aliphatic heterocycles. The third-order valence-corrected chi connectivity index (χ3v) is 5.66. The number of nitro groups is 1. The Bertz CT molecular complexity index is 998. The molecular formula is C22H26Cl2N4O4. The SMILES string of the molecule is CC(C)C(NC(=O)c1ccc([N+](=O)[O-])cc1Cl)C(=O)NCC(c1ccccc1Cl)N(C)C. The van der Waals surface area contributed by atoms with Crippen molar-refractivity contribution < 1.29 is 14.5 Å². The van der Waals surface area contributed by atoms with Gasteiger partial charge in [-0.2, -0.15) is 0 Å². The summed E-state index contributed by atoms with van der Waals surface area (Å²) >= 11 is 12.4. The standard InChI is InChI=1S/C22H26Cl2N4O4/c1-13(2)20(26-21(29)16-10-9-14(28(31)32)11-18(16)24)22(30)25-12-19(27(3)4)15-7-5-6-8-17(15)23/h5-11,13,19-20H,12H2,1-4H3,(H,25,30)(H,26,29). The molecule has 0 saturated carbocycles. The van der Waals surface area contributed by atoms with Crippen molar-refractivity contribution in [3.8, 4) is 0 Å². The summed E-state index contributed by atoms with van der Waals surface area (Å²) in [5, 5.41) is 17.0. The number of hydrogen-bond donors (Lipinski definition) is 2. The van der Waals surface area contributed by atoms with Crippen molar-refractivity contribution in [2.45, 2.75) is 25.9 Å². The van der Waals surface area contributed by atoms with Crippen molar-refractivity contribution in [1.82, 2.24) is 15.5 Å². The molecule has 0 saturated heterocycles. The first-order chi connectivity index (χ1) is 15.0. The summed E-state index contributed by atoms with van der Waals surface area (Å²) in [6.45, 7) is 3.89. The maximum Gasteiger partial charge on any atom is 0.270 e. The predicted octanol–water partition coefficient (Wildman–Crippen LogP) is 4.08. The van der Waals surface area contributed by atoms with Crippen molar-refractivity contribution >= 4 is 40.7 Å². The van der Waals surface area contributed by atoms with Crippen LogP contribution in [0.1, 0.15) is 35.8 Å². The molecule has 2 atom stereocenters. The van der Waals surface area contributed by atoms with E-state index in [1.165, 1.54) is 12.1 Å². The minimum atomic E-state index is -0.831. The number of carbonyl (C=O) groups is 2. The molecule has 0 spiro atoms. The Hall–Kier alpha value is -2.68. The zero-order valence-corrected chi connectivity index (χ0v) is 19.8. The Morgan fingerprint density at radius 3 is 2.28 bits per heavy atom. The van der Waals surface area contributed by atoms with Crippen LogP contribution >= 0.6 is 23.2 Å². The average molecular weight is 481 g/mol. The molecule has 2 rings (SSSR count). The molecule has 0 bridgehead atoms. The molecule has 172 valence electrons. The normalized spacial score (nSPS) is 13.0. The van der Waals surface area contributed by atoms with Crippen molar-refractivity contribution in [2.24, 2.45) is 5.92 Å². The van der Waals surface area contributed by atoms with E-state index in [0.29, 0.717) is 5.02 Å². The lowest BCUT2D eigenvalue weighted by Gasteiger charge is -2.28. The molecule has 0 heterocycles. The zero-order valence-electron chi connectivity index (χ0n) is 18.3. The van der Waals surface area contributed by atoms with Crippen LogP contribution in [-0.2, 0) is 4.79 Å². The van der Waals surface area contributed by atoms with Crippen LogP contribution in [0.4, 0.5) is 5.69 Å². The van der Waals surface area contributed by atoms with E-state index in [9.17, 15) is 19.7 Å². The number of carbonyl (C=O) groups excluding carboxylic acids is 2. The first-order valence-electron chi connectivity index (χ1n) is 9.96. The molecule has 10 heteroatoms. The molecule has 0 aliphatic rings. The number of amides is 2. The second-order valence-corrected chi connectivity index (χ2v) is 8.68. The largest absolute Gasteiger partial charge is 0.352 e. The number of halogens is 2. The molecule has 2 amide bonds. The highest BCUT2D eigenvalue weighted by Crippen LogP contribution is 2.26. The van der Waals surface area contributed by atoms with E-state index in [1.807, 2.05) is 37.2 Å². The first-order valence-corrected chi connectivity index (χ1v) is 10.7. The quantitative estimate of drug-likeness (QED) is 0.415. The molecular weight excluding hydrogens is 455 g/mol. The van der Waals surface area contributed by atoms with E-state index in [0.717, 1.165) is 11.6 Å². The van der Waals surface area contributed by atoms with Gasteiger partial charge in [0.05, 0.1) is 21.6 Å². The Kier molecular flexibility index (Phi) is 9.00. The third kappa shape index (κ3) is 6.41. The predicted molar refractivity (Wildman–Crippen MR) is 125 cm³/mol. The van der Waals surface area contributed by atoms with Crippen LogP contribution in [0.25, 0.3) is 0 Å². The van der Waals surface area contributed by atoms with Gasteiger partial charge in [0.2, 0.25) is 5.91 Å². The van der Waals surface area contributed by atoms with Crippen molar-refractivity contribution in [3.05, 3.63) is 73.8 Å².